The van der Waals surface area contributed by atoms with E-state index in [1.807, 2.05) is 13.0 Å². The van der Waals surface area contributed by atoms with Crippen LogP contribution in [0.3, 0.4) is 0 Å². The van der Waals surface area contributed by atoms with Gasteiger partial charge in [-0.1, -0.05) is 83.8 Å². The van der Waals surface area contributed by atoms with Crippen LogP contribution in [0, 0.1) is 11.8 Å². The molecule has 0 fully saturated rings. The number of nitrogens with zero attached hydrogens (tertiary/aromatic N) is 2. The van der Waals surface area contributed by atoms with Crippen LogP contribution >= 0.6 is 0 Å². The highest BCUT2D eigenvalue weighted by Gasteiger charge is 2.32. The predicted octanol–water partition coefficient (Wildman–Crippen LogP) is 6.20. The summed E-state index contributed by atoms with van der Waals surface area (Å²) < 4.78 is 4.89. The van der Waals surface area contributed by atoms with Crippen LogP contribution in [0.5, 0.6) is 0 Å². The van der Waals surface area contributed by atoms with Crippen LogP contribution < -0.4 is 0 Å². The van der Waals surface area contributed by atoms with Crippen molar-refractivity contribution in [3.05, 3.63) is 97.1 Å². The van der Waals surface area contributed by atoms with Crippen molar-refractivity contribution < 1.29 is 28.7 Å². The average Bonchev–Trinajstić information content (AvgIpc) is 2.98. The van der Waals surface area contributed by atoms with Crippen molar-refractivity contribution in [3.63, 3.8) is 0 Å². The van der Waals surface area contributed by atoms with Crippen molar-refractivity contribution in [2.45, 2.75) is 48.0 Å². The van der Waals surface area contributed by atoms with Gasteiger partial charge in [-0.25, -0.2) is 0 Å². The maximum Gasteiger partial charge on any atom is 0.318 e. The van der Waals surface area contributed by atoms with Gasteiger partial charge in [-0.05, 0) is 43.5 Å². The second kappa shape index (κ2) is 20.6. The molecule has 224 valence electrons. The van der Waals surface area contributed by atoms with E-state index in [2.05, 4.69) is 13.2 Å². The van der Waals surface area contributed by atoms with Gasteiger partial charge >= 0.3 is 5.97 Å². The Morgan fingerprint density at radius 3 is 1.54 bits per heavy atom. The number of rotatable bonds is 11. The molecular weight excluding hydrogens is 520 g/mol. The van der Waals surface area contributed by atoms with E-state index < -0.39 is 23.7 Å². The summed E-state index contributed by atoms with van der Waals surface area (Å²) in [6.07, 6.45) is 4.71. The molecule has 0 radical (unpaired) electrons. The first kappa shape index (κ1) is 38.8. The molecule has 8 nitrogen and oxygen atoms in total. The minimum atomic E-state index is -0.984. The third kappa shape index (κ3) is 11.7. The first-order valence-corrected chi connectivity index (χ1v) is 12.8. The molecule has 0 bridgehead atoms. The molecule has 2 rings (SSSR count). The Bertz CT molecular complexity index is 1130. The summed E-state index contributed by atoms with van der Waals surface area (Å²) in [6, 6.07) is 17.3. The van der Waals surface area contributed by atoms with E-state index in [-0.39, 0.29) is 45.6 Å². The Balaban J connectivity index is 0. The van der Waals surface area contributed by atoms with Gasteiger partial charge in [0.05, 0.1) is 0 Å². The lowest BCUT2D eigenvalue weighted by molar-refractivity contribution is -0.153. The summed E-state index contributed by atoms with van der Waals surface area (Å²) in [5.41, 5.74) is 0.921. The van der Waals surface area contributed by atoms with E-state index >= 15 is 0 Å². The molecule has 0 N–H and O–H groups in total. The zero-order chi connectivity index (χ0) is 29.4. The van der Waals surface area contributed by atoms with Crippen LogP contribution in [0.1, 0.15) is 68.7 Å². The fourth-order valence-corrected chi connectivity index (χ4v) is 3.58. The van der Waals surface area contributed by atoms with Gasteiger partial charge in [-0.15, -0.1) is 6.58 Å². The van der Waals surface area contributed by atoms with Crippen LogP contribution in [-0.2, 0) is 19.1 Å². The number of hydrogen-bond acceptors (Lipinski definition) is 6. The number of benzene rings is 2. The highest BCUT2D eigenvalue weighted by atomic mass is 16.5. The summed E-state index contributed by atoms with van der Waals surface area (Å²) in [5, 5.41) is 0. The molecule has 8 heteroatoms. The Labute approximate surface area is 245 Å². The molecule has 2 atom stereocenters. The van der Waals surface area contributed by atoms with Gasteiger partial charge in [0.25, 0.3) is 11.8 Å². The van der Waals surface area contributed by atoms with Crippen molar-refractivity contribution in [1.82, 2.24) is 9.80 Å². The smallest absolute Gasteiger partial charge is 0.318 e. The zero-order valence-electron chi connectivity index (χ0n) is 23.2. The van der Waals surface area contributed by atoms with Crippen LogP contribution in [0.25, 0.3) is 0 Å². The van der Waals surface area contributed by atoms with Gasteiger partial charge in [-0.2, -0.15) is 0 Å². The SMILES string of the molecule is C.C.C=CCOC(=O)C(CC)C(=O)N(C)C(=O)c1ccccc1.C=CC[C@H](CC)C(=O)N(C)C(=O)c1ccccc1. The summed E-state index contributed by atoms with van der Waals surface area (Å²) in [7, 11) is 2.89. The van der Waals surface area contributed by atoms with E-state index in [0.29, 0.717) is 24.0 Å². The second-order valence-electron chi connectivity index (χ2n) is 8.65. The van der Waals surface area contributed by atoms with Gasteiger partial charge in [-0.3, -0.25) is 33.8 Å². The molecular formula is C33H46N2O6. The fraction of sp³-hybridized carbons (Fsp3) is 0.364. The molecule has 0 saturated carbocycles. The van der Waals surface area contributed by atoms with Gasteiger partial charge in [0.1, 0.15) is 12.5 Å². The molecule has 0 heterocycles. The van der Waals surface area contributed by atoms with Crippen molar-refractivity contribution in [2.75, 3.05) is 20.7 Å². The molecule has 0 aliphatic carbocycles. The lowest BCUT2D eigenvalue weighted by Gasteiger charge is -2.20. The molecule has 1 unspecified atom stereocenters. The van der Waals surface area contributed by atoms with E-state index in [0.717, 1.165) is 4.90 Å². The highest BCUT2D eigenvalue weighted by Crippen LogP contribution is 2.15. The van der Waals surface area contributed by atoms with E-state index in [1.54, 1.807) is 67.6 Å². The third-order valence-corrected chi connectivity index (χ3v) is 5.94. The van der Waals surface area contributed by atoms with Crippen LogP contribution in [-0.4, -0.2) is 60.1 Å². The lowest BCUT2D eigenvalue weighted by atomic mass is 10.0. The Kier molecular flexibility index (Phi) is 19.5. The summed E-state index contributed by atoms with van der Waals surface area (Å²) >= 11 is 0. The van der Waals surface area contributed by atoms with E-state index in [4.69, 9.17) is 4.74 Å². The third-order valence-electron chi connectivity index (χ3n) is 5.94. The molecule has 0 aromatic heterocycles. The minimum absolute atomic E-state index is 0. The van der Waals surface area contributed by atoms with E-state index in [1.165, 1.54) is 25.1 Å². The first-order chi connectivity index (χ1) is 18.6. The quantitative estimate of drug-likeness (QED) is 0.182. The molecule has 41 heavy (non-hydrogen) atoms. The van der Waals surface area contributed by atoms with E-state index in [9.17, 15) is 24.0 Å². The number of carbonyl (C=O) groups is 5. The second-order valence-corrected chi connectivity index (χ2v) is 8.65. The molecule has 0 aliphatic heterocycles. The number of amides is 4. The number of esters is 1. The van der Waals surface area contributed by atoms with Crippen molar-refractivity contribution in [1.29, 1.82) is 0 Å². The number of hydrogen-bond donors (Lipinski definition) is 0. The molecule has 0 spiro atoms. The average molecular weight is 567 g/mol. The fourth-order valence-electron chi connectivity index (χ4n) is 3.58. The standard InChI is InChI=1S/C16H19NO4.C15H19NO2.2CH4/c1-4-11-21-16(20)13(5-2)15(19)17(3)14(18)12-9-7-6-8-10-12;1-4-9-12(5-2)14(17)16(3)15(18)13-10-7-6-8-11-13;;/h4,6-10,13H,1,5,11H2,2-3H3;4,6-8,10-12H,1,5,9H2,2-3H3;2*1H4/t;12-;;/m.0../s1. The minimum Gasteiger partial charge on any atom is -0.461 e. The predicted molar refractivity (Wildman–Crippen MR) is 164 cm³/mol. The number of carbonyl (C=O) groups excluding carboxylic acids is 5. The lowest BCUT2D eigenvalue weighted by Crippen LogP contribution is -2.41. The number of imide groups is 2. The molecule has 2 aromatic rings. The maximum absolute atomic E-state index is 12.3. The Morgan fingerprint density at radius 1 is 0.732 bits per heavy atom. The molecule has 2 aromatic carbocycles. The summed E-state index contributed by atoms with van der Waals surface area (Å²) in [5.74, 6) is -3.22. The molecule has 0 aliphatic rings. The van der Waals surface area contributed by atoms with Crippen molar-refractivity contribution in [2.24, 2.45) is 11.8 Å². The maximum atomic E-state index is 12.3. The van der Waals surface area contributed by atoms with Crippen molar-refractivity contribution >= 4 is 29.6 Å². The van der Waals surface area contributed by atoms with Crippen LogP contribution in [0.2, 0.25) is 0 Å². The van der Waals surface area contributed by atoms with Crippen LogP contribution in [0.4, 0.5) is 0 Å². The summed E-state index contributed by atoms with van der Waals surface area (Å²) in [4.78, 5) is 62.6. The Hall–Kier alpha value is -4.33. The van der Waals surface area contributed by atoms with Crippen LogP contribution in [0.15, 0.2) is 86.0 Å². The van der Waals surface area contributed by atoms with Gasteiger partial charge in [0.2, 0.25) is 11.8 Å². The number of ether oxygens (including phenoxy) is 1. The Morgan fingerprint density at radius 2 is 1.17 bits per heavy atom. The topological polar surface area (TPSA) is 101 Å². The highest BCUT2D eigenvalue weighted by molar-refractivity contribution is 6.09. The molecule has 0 saturated heterocycles. The normalized spacial score (nSPS) is 10.9. The summed E-state index contributed by atoms with van der Waals surface area (Å²) in [6.45, 7) is 10.7. The largest absolute Gasteiger partial charge is 0.461 e. The monoisotopic (exact) mass is 566 g/mol. The van der Waals surface area contributed by atoms with Gasteiger partial charge < -0.3 is 4.74 Å². The molecule has 4 amide bonds. The van der Waals surface area contributed by atoms with Crippen molar-refractivity contribution in [3.8, 4) is 0 Å². The zero-order valence-corrected chi connectivity index (χ0v) is 23.2. The first-order valence-electron chi connectivity index (χ1n) is 12.8. The van der Waals surface area contributed by atoms with Gasteiger partial charge in [0.15, 0.2) is 0 Å². The number of allylic oxidation sites excluding steroid dienone is 1. The van der Waals surface area contributed by atoms with Gasteiger partial charge in [0, 0.05) is 31.1 Å².